The molecule has 0 aliphatic carbocycles. The summed E-state index contributed by atoms with van der Waals surface area (Å²) in [5, 5.41) is 7.95. The molecule has 3 aromatic rings. The van der Waals surface area contributed by atoms with Crippen molar-refractivity contribution in [3.8, 4) is 0 Å². The van der Waals surface area contributed by atoms with Crippen LogP contribution in [-0.4, -0.2) is 16.5 Å². The minimum Gasteiger partial charge on any atom is -0.361 e. The van der Waals surface area contributed by atoms with Crippen LogP contribution in [0.5, 0.6) is 0 Å². The molecular formula is C14H15N3S. The molecule has 0 fully saturated rings. The van der Waals surface area contributed by atoms with Gasteiger partial charge in [-0.3, -0.25) is 0 Å². The first kappa shape index (κ1) is 11.4. The third-order valence-electron chi connectivity index (χ3n) is 2.95. The zero-order valence-corrected chi connectivity index (χ0v) is 10.8. The minimum atomic E-state index is 0.909. The number of thiazole rings is 1. The summed E-state index contributed by atoms with van der Waals surface area (Å²) < 4.78 is 0. The molecule has 0 amide bonds. The van der Waals surface area contributed by atoms with Gasteiger partial charge >= 0.3 is 0 Å². The van der Waals surface area contributed by atoms with Crippen molar-refractivity contribution in [1.82, 2.24) is 15.3 Å². The standard InChI is InChI=1S/C14H15N3S/c1-2-13-12(3-6-16-13)9-11(1)10-15-5-4-14-17-7-8-18-14/h1-3,6-9,15-16H,4-5,10H2. The van der Waals surface area contributed by atoms with Gasteiger partial charge in [0.1, 0.15) is 0 Å². The molecule has 2 N–H and O–H groups in total. The topological polar surface area (TPSA) is 40.7 Å². The van der Waals surface area contributed by atoms with E-state index in [9.17, 15) is 0 Å². The second-order valence-electron chi connectivity index (χ2n) is 4.25. The van der Waals surface area contributed by atoms with Crippen LogP contribution in [0.25, 0.3) is 10.9 Å². The van der Waals surface area contributed by atoms with Gasteiger partial charge in [-0.15, -0.1) is 11.3 Å². The van der Waals surface area contributed by atoms with Crippen LogP contribution in [0.1, 0.15) is 10.6 Å². The first-order chi connectivity index (χ1) is 8.92. The summed E-state index contributed by atoms with van der Waals surface area (Å²) in [6.45, 7) is 1.88. The fourth-order valence-corrected chi connectivity index (χ4v) is 2.64. The molecule has 0 radical (unpaired) electrons. The lowest BCUT2D eigenvalue weighted by Gasteiger charge is -2.04. The highest BCUT2D eigenvalue weighted by atomic mass is 32.1. The molecule has 0 aliphatic heterocycles. The third kappa shape index (κ3) is 2.60. The minimum absolute atomic E-state index is 0.909. The Labute approximate surface area is 110 Å². The Hall–Kier alpha value is -1.65. The Morgan fingerprint density at radius 1 is 1.28 bits per heavy atom. The molecule has 92 valence electrons. The first-order valence-corrected chi connectivity index (χ1v) is 6.95. The zero-order valence-electron chi connectivity index (χ0n) is 10.0. The molecule has 0 aliphatic rings. The Morgan fingerprint density at radius 3 is 3.17 bits per heavy atom. The van der Waals surface area contributed by atoms with Gasteiger partial charge in [0, 0.05) is 42.8 Å². The number of hydrogen-bond donors (Lipinski definition) is 2. The average Bonchev–Trinajstić information content (AvgIpc) is 3.05. The number of H-pyrrole nitrogens is 1. The predicted molar refractivity (Wildman–Crippen MR) is 75.8 cm³/mol. The van der Waals surface area contributed by atoms with Gasteiger partial charge < -0.3 is 10.3 Å². The van der Waals surface area contributed by atoms with E-state index >= 15 is 0 Å². The molecule has 0 atom stereocenters. The maximum atomic E-state index is 4.27. The van der Waals surface area contributed by atoms with E-state index in [-0.39, 0.29) is 0 Å². The number of fused-ring (bicyclic) bond motifs is 1. The molecule has 4 heteroatoms. The van der Waals surface area contributed by atoms with Crippen molar-refractivity contribution >= 4 is 22.2 Å². The highest BCUT2D eigenvalue weighted by molar-refractivity contribution is 7.09. The Bertz CT molecular complexity index is 613. The van der Waals surface area contributed by atoms with E-state index in [0.29, 0.717) is 0 Å². The van der Waals surface area contributed by atoms with Gasteiger partial charge in [-0.1, -0.05) is 6.07 Å². The van der Waals surface area contributed by atoms with Gasteiger partial charge in [0.05, 0.1) is 5.01 Å². The highest BCUT2D eigenvalue weighted by Crippen LogP contribution is 2.14. The second kappa shape index (κ2) is 5.33. The van der Waals surface area contributed by atoms with Crippen molar-refractivity contribution in [2.24, 2.45) is 0 Å². The lowest BCUT2D eigenvalue weighted by Crippen LogP contribution is -2.16. The summed E-state index contributed by atoms with van der Waals surface area (Å²) in [7, 11) is 0. The van der Waals surface area contributed by atoms with Gasteiger partial charge in [0.2, 0.25) is 0 Å². The molecule has 18 heavy (non-hydrogen) atoms. The van der Waals surface area contributed by atoms with Crippen LogP contribution < -0.4 is 5.32 Å². The number of aromatic nitrogens is 2. The lowest BCUT2D eigenvalue weighted by atomic mass is 10.1. The maximum absolute atomic E-state index is 4.27. The van der Waals surface area contributed by atoms with Crippen molar-refractivity contribution in [2.45, 2.75) is 13.0 Å². The van der Waals surface area contributed by atoms with Gasteiger partial charge in [-0.05, 0) is 29.1 Å². The van der Waals surface area contributed by atoms with Crippen molar-refractivity contribution in [3.63, 3.8) is 0 Å². The average molecular weight is 257 g/mol. The number of nitrogens with one attached hydrogen (secondary N) is 2. The quantitative estimate of drug-likeness (QED) is 0.690. The van der Waals surface area contributed by atoms with Gasteiger partial charge in [0.15, 0.2) is 0 Å². The Morgan fingerprint density at radius 2 is 2.28 bits per heavy atom. The van der Waals surface area contributed by atoms with E-state index in [1.807, 2.05) is 17.8 Å². The van der Waals surface area contributed by atoms with E-state index in [1.165, 1.54) is 21.5 Å². The molecule has 0 saturated carbocycles. The molecule has 0 bridgehead atoms. The molecule has 3 nitrogen and oxygen atoms in total. The number of aromatic amines is 1. The van der Waals surface area contributed by atoms with Crippen molar-refractivity contribution in [2.75, 3.05) is 6.54 Å². The normalized spacial score (nSPS) is 11.1. The molecule has 1 aromatic carbocycles. The summed E-state index contributed by atoms with van der Waals surface area (Å²) >= 11 is 1.72. The van der Waals surface area contributed by atoms with E-state index in [2.05, 4.69) is 39.6 Å². The molecule has 0 unspecified atom stereocenters. The monoisotopic (exact) mass is 257 g/mol. The number of hydrogen-bond acceptors (Lipinski definition) is 3. The molecule has 2 aromatic heterocycles. The summed E-state index contributed by atoms with van der Waals surface area (Å²) in [6, 6.07) is 8.62. The summed E-state index contributed by atoms with van der Waals surface area (Å²) in [4.78, 5) is 7.47. The van der Waals surface area contributed by atoms with Crippen molar-refractivity contribution in [1.29, 1.82) is 0 Å². The lowest BCUT2D eigenvalue weighted by molar-refractivity contribution is 0.686. The molecule has 0 spiro atoms. The fourth-order valence-electron chi connectivity index (χ4n) is 2.02. The van der Waals surface area contributed by atoms with Crippen LogP contribution in [0, 0.1) is 0 Å². The van der Waals surface area contributed by atoms with Crippen LogP contribution in [0.2, 0.25) is 0 Å². The molecule has 3 rings (SSSR count). The van der Waals surface area contributed by atoms with E-state index in [0.717, 1.165) is 19.5 Å². The fraction of sp³-hybridized carbons (Fsp3) is 0.214. The smallest absolute Gasteiger partial charge is 0.0937 e. The van der Waals surface area contributed by atoms with E-state index in [1.54, 1.807) is 11.3 Å². The SMILES string of the molecule is c1csc(CCNCc2ccc3[nH]ccc3c2)n1. The molecule has 0 saturated heterocycles. The van der Waals surface area contributed by atoms with E-state index in [4.69, 9.17) is 0 Å². The van der Waals surface area contributed by atoms with Gasteiger partial charge in [-0.25, -0.2) is 4.98 Å². The van der Waals surface area contributed by atoms with Crippen LogP contribution in [0.15, 0.2) is 42.0 Å². The van der Waals surface area contributed by atoms with E-state index < -0.39 is 0 Å². The largest absolute Gasteiger partial charge is 0.361 e. The van der Waals surface area contributed by atoms with Crippen molar-refractivity contribution < 1.29 is 0 Å². The third-order valence-corrected chi connectivity index (χ3v) is 3.79. The Kier molecular flexibility index (Phi) is 3.39. The highest BCUT2D eigenvalue weighted by Gasteiger charge is 1.98. The summed E-state index contributed by atoms with van der Waals surface area (Å²) in [5.74, 6) is 0. The summed E-state index contributed by atoms with van der Waals surface area (Å²) in [6.07, 6.45) is 4.84. The summed E-state index contributed by atoms with van der Waals surface area (Å²) in [5.41, 5.74) is 2.52. The van der Waals surface area contributed by atoms with Gasteiger partial charge in [0.25, 0.3) is 0 Å². The van der Waals surface area contributed by atoms with Crippen LogP contribution >= 0.6 is 11.3 Å². The van der Waals surface area contributed by atoms with Gasteiger partial charge in [-0.2, -0.15) is 0 Å². The van der Waals surface area contributed by atoms with Crippen LogP contribution in [0.4, 0.5) is 0 Å². The zero-order chi connectivity index (χ0) is 12.2. The predicted octanol–water partition coefficient (Wildman–Crippen LogP) is 2.96. The maximum Gasteiger partial charge on any atom is 0.0937 e. The van der Waals surface area contributed by atoms with Crippen molar-refractivity contribution in [3.05, 3.63) is 52.6 Å². The second-order valence-corrected chi connectivity index (χ2v) is 5.23. The molecule has 2 heterocycles. The molecular weight excluding hydrogens is 242 g/mol. The van der Waals surface area contributed by atoms with Crippen LogP contribution in [0.3, 0.4) is 0 Å². The number of benzene rings is 1. The number of rotatable bonds is 5. The van der Waals surface area contributed by atoms with Crippen LogP contribution in [-0.2, 0) is 13.0 Å². The first-order valence-electron chi connectivity index (χ1n) is 6.07. The number of nitrogens with zero attached hydrogens (tertiary/aromatic N) is 1. The Balaban J connectivity index is 1.53.